The number of nitrogens with one attached hydrogen (secondary N) is 6. The predicted octanol–water partition coefficient (Wildman–Crippen LogP) is 5.96. The molecule has 88 heavy (non-hydrogen) atoms. The Kier molecular flexibility index (Phi) is 31.3. The minimum atomic E-state index is -0.996. The second-order valence-electron chi connectivity index (χ2n) is 25.4. The number of esters is 1. The van der Waals surface area contributed by atoms with Gasteiger partial charge in [0.05, 0.1) is 49.8 Å². The smallest absolute Gasteiger partial charge is 0.408 e. The number of rotatable bonds is 35. The fourth-order valence-electron chi connectivity index (χ4n) is 11.4. The Morgan fingerprint density at radius 3 is 1.89 bits per heavy atom. The summed E-state index contributed by atoms with van der Waals surface area (Å²) in [4.78, 5) is 127. The number of nitrogens with two attached hydrogens (primary N) is 1. The molecule has 1 saturated heterocycles. The molecule has 2 aromatic carbocycles. The molecular weight excluding hydrogens is 1130 g/mol. The van der Waals surface area contributed by atoms with Crippen LogP contribution < -0.4 is 37.6 Å². The maximum absolute atomic E-state index is 14.9. The summed E-state index contributed by atoms with van der Waals surface area (Å²) in [6, 6.07) is 10.4. The number of methoxy groups -OCH3 is 3. The van der Waals surface area contributed by atoms with E-state index in [0.29, 0.717) is 57.3 Å². The number of likely N-dealkylation sites (N-methyl/N-ethyl adjacent to an activating group) is 2. The Balaban J connectivity index is 1.73. The van der Waals surface area contributed by atoms with Gasteiger partial charge in [0, 0.05) is 53.0 Å². The number of carbonyl (C=O) groups excluding carboxylic acids is 9. The van der Waals surface area contributed by atoms with E-state index in [0.717, 1.165) is 11.1 Å². The maximum Gasteiger partial charge on any atom is 0.408 e. The van der Waals surface area contributed by atoms with Crippen LogP contribution in [0.5, 0.6) is 0 Å². The zero-order valence-corrected chi connectivity index (χ0v) is 55.5. The molecule has 23 nitrogen and oxygen atoms in total. The number of likely N-dealkylation sites (tertiary alicyclic amines) is 1. The van der Waals surface area contributed by atoms with Crippen molar-refractivity contribution in [2.75, 3.05) is 60.4 Å². The lowest BCUT2D eigenvalue weighted by Gasteiger charge is -2.41. The second kappa shape index (κ2) is 36.6. The number of ether oxygens (including phenoxy) is 4. The van der Waals surface area contributed by atoms with Gasteiger partial charge < -0.3 is 66.4 Å². The molecule has 11 atom stereocenters. The molecule has 0 radical (unpaired) electrons. The summed E-state index contributed by atoms with van der Waals surface area (Å²) in [5, 5.41) is 16.8. The number of hydrogen-bond donors (Lipinski definition) is 7. The molecule has 494 valence electrons. The van der Waals surface area contributed by atoms with Gasteiger partial charge in [0.2, 0.25) is 35.4 Å². The van der Waals surface area contributed by atoms with Crippen molar-refractivity contribution in [3.63, 3.8) is 0 Å². The van der Waals surface area contributed by atoms with Crippen LogP contribution >= 0.6 is 0 Å². The van der Waals surface area contributed by atoms with E-state index in [9.17, 15) is 43.2 Å². The Bertz CT molecular complexity index is 2560. The summed E-state index contributed by atoms with van der Waals surface area (Å²) in [7, 11) is 7.87. The summed E-state index contributed by atoms with van der Waals surface area (Å²) < 4.78 is 22.5. The molecule has 9 amide bonds. The summed E-state index contributed by atoms with van der Waals surface area (Å²) in [6.07, 6.45) is 1.60. The van der Waals surface area contributed by atoms with Crippen LogP contribution in [0.25, 0.3) is 0 Å². The topological polar surface area (TPSA) is 298 Å². The van der Waals surface area contributed by atoms with Crippen LogP contribution in [0.2, 0.25) is 0 Å². The molecule has 1 aliphatic rings. The van der Waals surface area contributed by atoms with Crippen molar-refractivity contribution in [3.8, 4) is 0 Å². The molecule has 2 aromatic rings. The maximum atomic E-state index is 14.9. The van der Waals surface area contributed by atoms with Crippen LogP contribution in [-0.4, -0.2) is 183 Å². The van der Waals surface area contributed by atoms with Gasteiger partial charge in [0.1, 0.15) is 29.8 Å². The molecule has 1 heterocycles. The normalized spacial score (nSPS) is 16.9. The third-order valence-electron chi connectivity index (χ3n) is 16.4. The highest BCUT2D eigenvalue weighted by Crippen LogP contribution is 2.30. The van der Waals surface area contributed by atoms with Crippen molar-refractivity contribution in [3.05, 3.63) is 65.7 Å². The molecule has 0 spiro atoms. The molecule has 1 aliphatic heterocycles. The van der Waals surface area contributed by atoms with Gasteiger partial charge in [0.25, 0.3) is 0 Å². The van der Waals surface area contributed by atoms with Crippen LogP contribution in [-0.2, 0) is 65.4 Å². The number of urea groups is 1. The number of hydrogen-bond acceptors (Lipinski definition) is 14. The highest BCUT2D eigenvalue weighted by Gasteiger charge is 2.44. The highest BCUT2D eigenvalue weighted by atomic mass is 16.6. The summed E-state index contributed by atoms with van der Waals surface area (Å²) in [5.74, 6) is -4.57. The zero-order valence-electron chi connectivity index (χ0n) is 55.5. The third kappa shape index (κ3) is 23.6. The van der Waals surface area contributed by atoms with Crippen LogP contribution in [0.4, 0.5) is 15.3 Å². The highest BCUT2D eigenvalue weighted by molar-refractivity contribution is 5.98. The van der Waals surface area contributed by atoms with Crippen molar-refractivity contribution in [2.45, 2.75) is 201 Å². The number of amides is 9. The van der Waals surface area contributed by atoms with Crippen LogP contribution in [0.15, 0.2) is 54.6 Å². The van der Waals surface area contributed by atoms with Crippen molar-refractivity contribution in [1.82, 2.24) is 41.3 Å². The van der Waals surface area contributed by atoms with Crippen molar-refractivity contribution in [2.24, 2.45) is 35.3 Å². The van der Waals surface area contributed by atoms with E-state index < -0.39 is 102 Å². The van der Waals surface area contributed by atoms with Gasteiger partial charge in [-0.05, 0) is 113 Å². The molecule has 0 aromatic heterocycles. The Labute approximate surface area is 523 Å². The fourth-order valence-corrected chi connectivity index (χ4v) is 11.4. The van der Waals surface area contributed by atoms with Crippen LogP contribution in [0, 0.1) is 29.6 Å². The number of benzene rings is 2. The largest absolute Gasteiger partial charge is 0.467 e. The molecule has 3 rings (SSSR count). The lowest BCUT2D eigenvalue weighted by Crippen LogP contribution is -2.60. The van der Waals surface area contributed by atoms with Gasteiger partial charge in [-0.3, -0.25) is 33.7 Å². The van der Waals surface area contributed by atoms with Gasteiger partial charge in [-0.25, -0.2) is 14.4 Å². The van der Waals surface area contributed by atoms with Crippen molar-refractivity contribution in [1.29, 1.82) is 0 Å². The Hall–Kier alpha value is -6.85. The Morgan fingerprint density at radius 1 is 0.716 bits per heavy atom. The Morgan fingerprint density at radius 2 is 1.34 bits per heavy atom. The zero-order chi connectivity index (χ0) is 66.2. The number of carbonyl (C=O) groups is 9. The van der Waals surface area contributed by atoms with Gasteiger partial charge in [0.15, 0.2) is 0 Å². The average Bonchev–Trinajstić information content (AvgIpc) is 4.20. The van der Waals surface area contributed by atoms with Gasteiger partial charge >= 0.3 is 18.1 Å². The number of anilines is 1. The van der Waals surface area contributed by atoms with E-state index in [1.54, 1.807) is 70.5 Å². The SMILES string of the molecule is CC[C@H](C)[C@@H]([C@@H](CC(=O)N1CCC[C@H]1[C@H](OC)[C@@H](C)C(=O)N[C@@H](Cc1ccccc1)C(=O)OC)OC)N(C)C(=O)C(NC(=O)[C@H](C(C)C)N(C)CCc1ccc(NC(=O)[C@H](CCCCNC(N)=O)NC(=O)[C@@H](NC(=O)OC(C)(C)C)C(C)C)cc1)C(C)C. The first-order chi connectivity index (χ1) is 41.4. The van der Waals surface area contributed by atoms with Crippen molar-refractivity contribution < 1.29 is 62.1 Å². The standard InChI is InChI=1S/C65H106N10O13/c1-18-42(8)55(50(85-15)38-51(76)75-35-24-28-49(75)56(86-16)43(9)57(77)70-48(62(82)87-17)37-45-25-20-19-21-26-45)74(14)61(81)53(40(4)5)71-60(80)54(41(6)7)73(13)36-33-44-29-31-46(32-30-44)68-58(78)47(27-22-23-34-67-63(66)83)69-59(79)52(39(2)3)72-64(84)88-65(10,11)12/h19-21,25-26,29-32,39-43,47-50,52-56H,18,22-24,27-28,33-38H2,1-17H3,(H,68,78)(H,69,79)(H,70,77)(H,71,80)(H,72,84)(H3,66,67,83)/t42-,43+,47-,48-,49-,50+,52-,53?,54-,55-,56+/m0/s1. The molecule has 0 bridgehead atoms. The first-order valence-electron chi connectivity index (χ1n) is 31.2. The van der Waals surface area contributed by atoms with E-state index in [4.69, 9.17) is 24.7 Å². The molecule has 0 saturated carbocycles. The minimum absolute atomic E-state index is 0.0640. The lowest BCUT2D eigenvalue weighted by molar-refractivity contribution is -0.149. The van der Waals surface area contributed by atoms with Crippen molar-refractivity contribution >= 4 is 59.2 Å². The number of nitrogens with zero attached hydrogens (tertiary/aromatic N) is 3. The van der Waals surface area contributed by atoms with Gasteiger partial charge in [-0.1, -0.05) is 111 Å². The molecule has 0 aliphatic carbocycles. The van der Waals surface area contributed by atoms with E-state index in [-0.39, 0.29) is 67.2 Å². The second-order valence-corrected chi connectivity index (χ2v) is 25.4. The van der Waals surface area contributed by atoms with E-state index in [1.165, 1.54) is 21.3 Å². The van der Waals surface area contributed by atoms with E-state index in [1.807, 2.05) is 96.0 Å². The monoisotopic (exact) mass is 1230 g/mol. The minimum Gasteiger partial charge on any atom is -0.467 e. The van der Waals surface area contributed by atoms with Crippen LogP contribution in [0.3, 0.4) is 0 Å². The predicted molar refractivity (Wildman–Crippen MR) is 338 cm³/mol. The van der Waals surface area contributed by atoms with Crippen LogP contribution in [0.1, 0.15) is 139 Å². The molecule has 1 fully saturated rings. The number of primary amides is 1. The summed E-state index contributed by atoms with van der Waals surface area (Å²) >= 11 is 0. The molecular formula is C65H106N10O13. The van der Waals surface area contributed by atoms with E-state index in [2.05, 4.69) is 31.9 Å². The fraction of sp³-hybridized carbons (Fsp3) is 0.677. The number of unbranched alkanes of at least 4 members (excludes halogenated alkanes) is 1. The molecule has 23 heteroatoms. The third-order valence-corrected chi connectivity index (χ3v) is 16.4. The summed E-state index contributed by atoms with van der Waals surface area (Å²) in [5.41, 5.74) is 6.68. The van der Waals surface area contributed by atoms with Gasteiger partial charge in [-0.15, -0.1) is 0 Å². The number of alkyl carbamates (subject to hydrolysis) is 1. The van der Waals surface area contributed by atoms with Gasteiger partial charge in [-0.2, -0.15) is 0 Å². The van der Waals surface area contributed by atoms with E-state index >= 15 is 0 Å². The first-order valence-corrected chi connectivity index (χ1v) is 31.2. The lowest BCUT2D eigenvalue weighted by atomic mass is 9.89. The first kappa shape index (κ1) is 75.4. The quantitative estimate of drug-likeness (QED) is 0.0310. The summed E-state index contributed by atoms with van der Waals surface area (Å²) in [6.45, 7) is 23.3. The molecule has 8 N–H and O–H groups in total. The average molecular weight is 1240 g/mol. The molecule has 1 unspecified atom stereocenters.